The molecule has 0 bridgehead atoms. The van der Waals surface area contributed by atoms with Gasteiger partial charge in [0.2, 0.25) is 0 Å². The number of anilines is 1. The number of nitrogens with zero attached hydrogens (tertiary/aromatic N) is 3. The van der Waals surface area contributed by atoms with Crippen molar-refractivity contribution in [3.63, 3.8) is 0 Å². The molecule has 2 N–H and O–H groups in total. The summed E-state index contributed by atoms with van der Waals surface area (Å²) < 4.78 is 7.60. The van der Waals surface area contributed by atoms with E-state index in [1.165, 1.54) is 11.4 Å². The summed E-state index contributed by atoms with van der Waals surface area (Å²) in [6.45, 7) is 5.67. The van der Waals surface area contributed by atoms with Crippen LogP contribution >= 0.6 is 0 Å². The number of oxazole rings is 1. The zero-order chi connectivity index (χ0) is 16.1. The Balaban J connectivity index is 1.68. The first kappa shape index (κ1) is 13.9. The van der Waals surface area contributed by atoms with Gasteiger partial charge in [0, 0.05) is 30.0 Å². The van der Waals surface area contributed by atoms with Crippen LogP contribution < -0.4 is 5.73 Å². The Hall–Kier alpha value is -2.76. The zero-order valence-corrected chi connectivity index (χ0v) is 13.1. The van der Waals surface area contributed by atoms with Gasteiger partial charge in [-0.15, -0.1) is 0 Å². The number of rotatable bonds is 1. The number of nitrogen functional groups attached to an aromatic ring is 1. The third-order valence-corrected chi connectivity index (χ3v) is 4.61. The summed E-state index contributed by atoms with van der Waals surface area (Å²) in [5.41, 5.74) is 9.76. The first-order valence-corrected chi connectivity index (χ1v) is 7.67. The Labute approximate surface area is 133 Å². The van der Waals surface area contributed by atoms with Gasteiger partial charge >= 0.3 is 0 Å². The van der Waals surface area contributed by atoms with Crippen LogP contribution in [0.4, 0.5) is 6.01 Å². The molecule has 3 aromatic rings. The van der Waals surface area contributed by atoms with Gasteiger partial charge in [0.15, 0.2) is 5.58 Å². The molecule has 0 saturated carbocycles. The van der Waals surface area contributed by atoms with Gasteiger partial charge in [0.05, 0.1) is 6.04 Å². The molecule has 0 aliphatic carbocycles. The Morgan fingerprint density at radius 3 is 2.96 bits per heavy atom. The number of amides is 1. The average molecular weight is 310 g/mol. The highest BCUT2D eigenvalue weighted by atomic mass is 16.4. The van der Waals surface area contributed by atoms with Gasteiger partial charge < -0.3 is 19.6 Å². The maximum atomic E-state index is 12.9. The summed E-state index contributed by atoms with van der Waals surface area (Å²) in [6.07, 6.45) is 0. The lowest BCUT2D eigenvalue weighted by molar-refractivity contribution is 0.0643. The second-order valence-electron chi connectivity index (χ2n) is 5.96. The van der Waals surface area contributed by atoms with Gasteiger partial charge in [-0.1, -0.05) is 0 Å². The maximum absolute atomic E-state index is 12.9. The van der Waals surface area contributed by atoms with Gasteiger partial charge in [-0.2, -0.15) is 4.98 Å². The summed E-state index contributed by atoms with van der Waals surface area (Å²) in [6, 6.07) is 9.61. The van der Waals surface area contributed by atoms with Gasteiger partial charge in [0.25, 0.3) is 11.9 Å². The lowest BCUT2D eigenvalue weighted by atomic mass is 10.1. The second kappa shape index (κ2) is 4.87. The topological polar surface area (TPSA) is 77.3 Å². The molecule has 2 aromatic heterocycles. The van der Waals surface area contributed by atoms with Crippen LogP contribution in [-0.4, -0.2) is 26.9 Å². The Morgan fingerprint density at radius 1 is 1.30 bits per heavy atom. The van der Waals surface area contributed by atoms with Crippen LogP contribution in [0.2, 0.25) is 0 Å². The van der Waals surface area contributed by atoms with Crippen LogP contribution in [0.25, 0.3) is 11.1 Å². The molecule has 1 aliphatic rings. The van der Waals surface area contributed by atoms with Crippen molar-refractivity contribution in [3.8, 4) is 0 Å². The fourth-order valence-corrected chi connectivity index (χ4v) is 3.34. The third kappa shape index (κ3) is 2.10. The molecule has 0 radical (unpaired) electrons. The molecule has 3 heterocycles. The number of hydrogen-bond acceptors (Lipinski definition) is 4. The van der Waals surface area contributed by atoms with Crippen LogP contribution in [0.3, 0.4) is 0 Å². The number of nitrogens with two attached hydrogens (primary N) is 1. The predicted molar refractivity (Wildman–Crippen MR) is 87.0 cm³/mol. The molecule has 118 valence electrons. The van der Waals surface area contributed by atoms with Crippen molar-refractivity contribution in [2.45, 2.75) is 26.4 Å². The van der Waals surface area contributed by atoms with Gasteiger partial charge in [-0.25, -0.2) is 0 Å². The highest BCUT2D eigenvalue weighted by Crippen LogP contribution is 2.29. The number of aryl methyl sites for hydroxylation is 1. The predicted octanol–water partition coefficient (Wildman–Crippen LogP) is 2.74. The average Bonchev–Trinajstić information content (AvgIpc) is 3.09. The minimum atomic E-state index is -0.000487. The molecular weight excluding hydrogens is 292 g/mol. The van der Waals surface area contributed by atoms with Crippen LogP contribution in [0, 0.1) is 6.92 Å². The van der Waals surface area contributed by atoms with Crippen LogP contribution in [0.5, 0.6) is 0 Å². The molecular formula is C17H18N4O2. The van der Waals surface area contributed by atoms with Crippen molar-refractivity contribution < 1.29 is 9.21 Å². The minimum Gasteiger partial charge on any atom is -0.424 e. The van der Waals surface area contributed by atoms with E-state index in [9.17, 15) is 4.79 Å². The number of carbonyl (C=O) groups excluding carboxylic acids is 1. The van der Waals surface area contributed by atoms with E-state index < -0.39 is 0 Å². The van der Waals surface area contributed by atoms with E-state index in [-0.39, 0.29) is 18.0 Å². The molecule has 0 fully saturated rings. The normalized spacial score (nSPS) is 17.5. The Bertz CT molecular complexity index is 909. The molecule has 1 unspecified atom stereocenters. The standard InChI is InChI=1S/C17H18N4O2/c1-10-3-6-14-11(2)21(8-7-20(10)14)16(22)12-4-5-13-15(9-12)23-17(18)19-13/h3-6,9,11H,7-8H2,1-2H3,(H2,18,19). The lowest BCUT2D eigenvalue weighted by Gasteiger charge is -2.35. The monoisotopic (exact) mass is 310 g/mol. The molecule has 1 atom stereocenters. The molecule has 6 heteroatoms. The number of aromatic nitrogens is 2. The summed E-state index contributed by atoms with van der Waals surface area (Å²) in [4.78, 5) is 18.9. The highest BCUT2D eigenvalue weighted by Gasteiger charge is 2.29. The van der Waals surface area contributed by atoms with Crippen molar-refractivity contribution in [1.29, 1.82) is 0 Å². The molecule has 4 rings (SSSR count). The van der Waals surface area contributed by atoms with E-state index >= 15 is 0 Å². The van der Waals surface area contributed by atoms with Crippen LogP contribution in [0.1, 0.15) is 34.7 Å². The molecule has 1 aliphatic heterocycles. The van der Waals surface area contributed by atoms with Crippen molar-refractivity contribution in [1.82, 2.24) is 14.5 Å². The van der Waals surface area contributed by atoms with Crippen molar-refractivity contribution in [2.75, 3.05) is 12.3 Å². The number of carbonyl (C=O) groups is 1. The lowest BCUT2D eigenvalue weighted by Crippen LogP contribution is -2.41. The quantitative estimate of drug-likeness (QED) is 0.749. The smallest absolute Gasteiger partial charge is 0.292 e. The van der Waals surface area contributed by atoms with Crippen LogP contribution in [0.15, 0.2) is 34.7 Å². The summed E-state index contributed by atoms with van der Waals surface area (Å²) in [5, 5.41) is 0. The Kier molecular flexibility index (Phi) is 2.94. The number of hydrogen-bond donors (Lipinski definition) is 1. The third-order valence-electron chi connectivity index (χ3n) is 4.61. The molecule has 0 saturated heterocycles. The summed E-state index contributed by atoms with van der Waals surface area (Å²) in [5.74, 6) is -0.000487. The molecule has 23 heavy (non-hydrogen) atoms. The molecule has 6 nitrogen and oxygen atoms in total. The molecule has 0 spiro atoms. The van der Waals surface area contributed by atoms with E-state index in [2.05, 4.69) is 35.5 Å². The maximum Gasteiger partial charge on any atom is 0.292 e. The summed E-state index contributed by atoms with van der Waals surface area (Å²) >= 11 is 0. The Morgan fingerprint density at radius 2 is 2.13 bits per heavy atom. The number of benzene rings is 1. The fraction of sp³-hybridized carbons (Fsp3) is 0.294. The first-order chi connectivity index (χ1) is 11.0. The van der Waals surface area contributed by atoms with E-state index in [0.717, 1.165) is 6.54 Å². The first-order valence-electron chi connectivity index (χ1n) is 7.67. The van der Waals surface area contributed by atoms with Crippen molar-refractivity contribution in [2.24, 2.45) is 0 Å². The van der Waals surface area contributed by atoms with Crippen molar-refractivity contribution in [3.05, 3.63) is 47.3 Å². The van der Waals surface area contributed by atoms with Crippen LogP contribution in [-0.2, 0) is 6.54 Å². The fourth-order valence-electron chi connectivity index (χ4n) is 3.34. The number of fused-ring (bicyclic) bond motifs is 2. The molecule has 1 aromatic carbocycles. The second-order valence-corrected chi connectivity index (χ2v) is 5.96. The van der Waals surface area contributed by atoms with Gasteiger partial charge in [-0.3, -0.25) is 4.79 Å². The van der Waals surface area contributed by atoms with Gasteiger partial charge in [0.1, 0.15) is 5.52 Å². The van der Waals surface area contributed by atoms with E-state index in [1.54, 1.807) is 18.2 Å². The SMILES string of the molecule is Cc1ccc2n1CCN(C(=O)c1ccc3nc(N)oc3c1)C2C. The molecule has 1 amide bonds. The largest absolute Gasteiger partial charge is 0.424 e. The summed E-state index contributed by atoms with van der Waals surface area (Å²) in [7, 11) is 0. The van der Waals surface area contributed by atoms with E-state index in [1.807, 2.05) is 4.90 Å². The van der Waals surface area contributed by atoms with Crippen molar-refractivity contribution >= 4 is 23.0 Å². The van der Waals surface area contributed by atoms with E-state index in [0.29, 0.717) is 23.2 Å². The minimum absolute atomic E-state index is 0.000487. The van der Waals surface area contributed by atoms with Gasteiger partial charge in [-0.05, 0) is 44.2 Å². The highest BCUT2D eigenvalue weighted by molar-refractivity contribution is 5.97. The van der Waals surface area contributed by atoms with E-state index in [4.69, 9.17) is 10.2 Å². The zero-order valence-electron chi connectivity index (χ0n) is 13.1.